The molecule has 0 aliphatic rings. The van der Waals surface area contributed by atoms with Gasteiger partial charge in [-0.3, -0.25) is 4.79 Å². The monoisotopic (exact) mass is 219 g/mol. The van der Waals surface area contributed by atoms with Gasteiger partial charge in [-0.05, 0) is 36.4 Å². The van der Waals surface area contributed by atoms with Crippen molar-refractivity contribution in [2.24, 2.45) is 0 Å². The third kappa shape index (κ3) is 1.95. The van der Waals surface area contributed by atoms with Crippen LogP contribution < -0.4 is 0 Å². The first-order chi connectivity index (χ1) is 7.70. The highest BCUT2D eigenvalue weighted by molar-refractivity contribution is 5.74. The van der Waals surface area contributed by atoms with Gasteiger partial charge in [0.2, 0.25) is 0 Å². The van der Waals surface area contributed by atoms with E-state index in [1.54, 1.807) is 0 Å². The standard InChI is InChI=1S/C12H7F2NO/c13-9-3-1-8(2-4-9)11-6-5-10(14)12(7-16)15-11/h1-7H. The molecule has 2 nitrogen and oxygen atoms in total. The topological polar surface area (TPSA) is 30.0 Å². The first-order valence-electron chi connectivity index (χ1n) is 4.58. The van der Waals surface area contributed by atoms with Crippen LogP contribution in [0.2, 0.25) is 0 Å². The molecule has 2 rings (SSSR count). The Morgan fingerprint density at radius 3 is 2.31 bits per heavy atom. The maximum atomic E-state index is 13.0. The number of benzene rings is 1. The zero-order chi connectivity index (χ0) is 11.5. The molecule has 0 aliphatic carbocycles. The quantitative estimate of drug-likeness (QED) is 0.727. The molecule has 1 heterocycles. The summed E-state index contributed by atoms with van der Waals surface area (Å²) in [5.41, 5.74) is 0.815. The Hall–Kier alpha value is -2.10. The lowest BCUT2D eigenvalue weighted by Gasteiger charge is -2.01. The van der Waals surface area contributed by atoms with Gasteiger partial charge in [-0.1, -0.05) is 0 Å². The SMILES string of the molecule is O=Cc1nc(-c2ccc(F)cc2)ccc1F. The second kappa shape index (κ2) is 4.18. The number of halogens is 2. The average molecular weight is 219 g/mol. The van der Waals surface area contributed by atoms with E-state index in [1.165, 1.54) is 30.3 Å². The van der Waals surface area contributed by atoms with Crippen LogP contribution in [0.25, 0.3) is 11.3 Å². The zero-order valence-corrected chi connectivity index (χ0v) is 8.15. The van der Waals surface area contributed by atoms with Gasteiger partial charge >= 0.3 is 0 Å². The fourth-order valence-electron chi connectivity index (χ4n) is 1.32. The molecule has 0 N–H and O–H groups in total. The fraction of sp³-hybridized carbons (Fsp3) is 0. The number of carbonyl (C=O) groups is 1. The van der Waals surface area contributed by atoms with E-state index < -0.39 is 5.82 Å². The highest BCUT2D eigenvalue weighted by Gasteiger charge is 2.05. The van der Waals surface area contributed by atoms with Crippen molar-refractivity contribution in [1.82, 2.24) is 4.98 Å². The Morgan fingerprint density at radius 2 is 1.69 bits per heavy atom. The van der Waals surface area contributed by atoms with E-state index in [0.29, 0.717) is 17.5 Å². The van der Waals surface area contributed by atoms with Gasteiger partial charge in [-0.15, -0.1) is 0 Å². The Morgan fingerprint density at radius 1 is 1.00 bits per heavy atom. The minimum atomic E-state index is -0.666. The number of aldehydes is 1. The predicted molar refractivity (Wildman–Crippen MR) is 55.0 cm³/mol. The zero-order valence-electron chi connectivity index (χ0n) is 8.15. The van der Waals surface area contributed by atoms with Crippen LogP contribution in [-0.4, -0.2) is 11.3 Å². The van der Waals surface area contributed by atoms with Gasteiger partial charge in [0, 0.05) is 5.56 Å². The maximum Gasteiger partial charge on any atom is 0.171 e. The molecule has 1 aromatic carbocycles. The molecule has 1 aromatic heterocycles. The summed E-state index contributed by atoms with van der Waals surface area (Å²) in [5.74, 6) is -1.03. The van der Waals surface area contributed by atoms with E-state index in [0.717, 1.165) is 6.07 Å². The maximum absolute atomic E-state index is 13.0. The van der Waals surface area contributed by atoms with Gasteiger partial charge in [0.15, 0.2) is 12.1 Å². The number of carbonyl (C=O) groups excluding carboxylic acids is 1. The lowest BCUT2D eigenvalue weighted by atomic mass is 10.1. The Bertz CT molecular complexity index is 523. The molecular formula is C12H7F2NO. The summed E-state index contributed by atoms with van der Waals surface area (Å²) in [6.07, 6.45) is 0.350. The number of hydrogen-bond acceptors (Lipinski definition) is 2. The third-order valence-corrected chi connectivity index (χ3v) is 2.12. The highest BCUT2D eigenvalue weighted by Crippen LogP contribution is 2.18. The summed E-state index contributed by atoms with van der Waals surface area (Å²) in [6, 6.07) is 8.20. The molecule has 0 saturated carbocycles. The van der Waals surface area contributed by atoms with Crippen molar-refractivity contribution in [2.75, 3.05) is 0 Å². The first kappa shape index (κ1) is 10.4. The molecule has 0 unspecified atom stereocenters. The predicted octanol–water partition coefficient (Wildman–Crippen LogP) is 2.84. The largest absolute Gasteiger partial charge is 0.296 e. The average Bonchev–Trinajstić information content (AvgIpc) is 2.31. The van der Waals surface area contributed by atoms with Gasteiger partial charge in [-0.25, -0.2) is 13.8 Å². The molecule has 0 bridgehead atoms. The number of hydrogen-bond donors (Lipinski definition) is 0. The summed E-state index contributed by atoms with van der Waals surface area (Å²) in [7, 11) is 0. The lowest BCUT2D eigenvalue weighted by molar-refractivity contribution is 0.111. The Balaban J connectivity index is 2.48. The van der Waals surface area contributed by atoms with Crippen molar-refractivity contribution in [3.63, 3.8) is 0 Å². The van der Waals surface area contributed by atoms with Crippen molar-refractivity contribution in [2.45, 2.75) is 0 Å². The van der Waals surface area contributed by atoms with Gasteiger partial charge in [-0.2, -0.15) is 0 Å². The highest BCUT2D eigenvalue weighted by atomic mass is 19.1. The molecule has 4 heteroatoms. The van der Waals surface area contributed by atoms with Gasteiger partial charge < -0.3 is 0 Å². The first-order valence-corrected chi connectivity index (χ1v) is 4.58. The van der Waals surface area contributed by atoms with E-state index in [1.807, 2.05) is 0 Å². The number of pyridine rings is 1. The van der Waals surface area contributed by atoms with E-state index in [4.69, 9.17) is 0 Å². The Labute approximate surface area is 90.6 Å². The summed E-state index contributed by atoms with van der Waals surface area (Å²) in [6.45, 7) is 0. The molecule has 0 aliphatic heterocycles. The van der Waals surface area contributed by atoms with Crippen molar-refractivity contribution in [1.29, 1.82) is 0 Å². The summed E-state index contributed by atoms with van der Waals surface area (Å²) in [4.78, 5) is 14.3. The molecule has 0 atom stereocenters. The molecule has 0 fully saturated rings. The third-order valence-electron chi connectivity index (χ3n) is 2.12. The second-order valence-corrected chi connectivity index (χ2v) is 3.19. The smallest absolute Gasteiger partial charge is 0.171 e. The van der Waals surface area contributed by atoms with E-state index >= 15 is 0 Å². The summed E-state index contributed by atoms with van der Waals surface area (Å²) in [5, 5.41) is 0. The molecule has 80 valence electrons. The normalized spacial score (nSPS) is 10.1. The lowest BCUT2D eigenvalue weighted by Crippen LogP contribution is -1.94. The van der Waals surface area contributed by atoms with Crippen LogP contribution in [0.4, 0.5) is 8.78 Å². The van der Waals surface area contributed by atoms with Crippen LogP contribution >= 0.6 is 0 Å². The summed E-state index contributed by atoms with van der Waals surface area (Å²) < 4.78 is 25.7. The van der Waals surface area contributed by atoms with Gasteiger partial charge in [0.05, 0.1) is 5.69 Å². The van der Waals surface area contributed by atoms with Crippen molar-refractivity contribution in [3.05, 3.63) is 53.7 Å². The number of rotatable bonds is 2. The molecule has 0 spiro atoms. The van der Waals surface area contributed by atoms with E-state index in [2.05, 4.69) is 4.98 Å². The van der Waals surface area contributed by atoms with Gasteiger partial charge in [0.25, 0.3) is 0 Å². The van der Waals surface area contributed by atoms with Crippen LogP contribution in [0.1, 0.15) is 10.5 Å². The van der Waals surface area contributed by atoms with Crippen molar-refractivity contribution in [3.8, 4) is 11.3 Å². The van der Waals surface area contributed by atoms with Crippen LogP contribution in [-0.2, 0) is 0 Å². The molecular weight excluding hydrogens is 212 g/mol. The van der Waals surface area contributed by atoms with Gasteiger partial charge in [0.1, 0.15) is 11.5 Å². The molecule has 0 amide bonds. The minimum absolute atomic E-state index is 0.248. The van der Waals surface area contributed by atoms with E-state index in [9.17, 15) is 13.6 Å². The van der Waals surface area contributed by atoms with Crippen molar-refractivity contribution < 1.29 is 13.6 Å². The second-order valence-electron chi connectivity index (χ2n) is 3.19. The van der Waals surface area contributed by atoms with E-state index in [-0.39, 0.29) is 11.5 Å². The van der Waals surface area contributed by atoms with Crippen molar-refractivity contribution >= 4 is 6.29 Å². The number of aromatic nitrogens is 1. The number of nitrogens with zero attached hydrogens (tertiary/aromatic N) is 1. The molecule has 16 heavy (non-hydrogen) atoms. The minimum Gasteiger partial charge on any atom is -0.296 e. The molecule has 0 radical (unpaired) electrons. The Kier molecular flexibility index (Phi) is 2.72. The molecule has 0 saturated heterocycles. The van der Waals surface area contributed by atoms with Crippen LogP contribution in [0, 0.1) is 11.6 Å². The molecule has 2 aromatic rings. The van der Waals surface area contributed by atoms with Crippen LogP contribution in [0.15, 0.2) is 36.4 Å². The fourth-order valence-corrected chi connectivity index (χ4v) is 1.32. The van der Waals surface area contributed by atoms with Crippen LogP contribution in [0.3, 0.4) is 0 Å². The van der Waals surface area contributed by atoms with Crippen LogP contribution in [0.5, 0.6) is 0 Å². The summed E-state index contributed by atoms with van der Waals surface area (Å²) >= 11 is 0.